The molecule has 0 aromatic heterocycles. The Labute approximate surface area is 142 Å². The van der Waals surface area contributed by atoms with Gasteiger partial charge in [0.2, 0.25) is 0 Å². The van der Waals surface area contributed by atoms with E-state index >= 15 is 0 Å². The van der Waals surface area contributed by atoms with Crippen molar-refractivity contribution >= 4 is 12.0 Å². The molecule has 2 aromatic carbocycles. The topological polar surface area (TPSA) is 44.8 Å². The number of carbonyl (C=O) groups excluding carboxylic acids is 1. The molecule has 24 heavy (non-hydrogen) atoms. The molecule has 0 aliphatic heterocycles. The van der Waals surface area contributed by atoms with E-state index in [1.54, 1.807) is 13.2 Å². The summed E-state index contributed by atoms with van der Waals surface area (Å²) in [5, 5.41) is 0. The summed E-state index contributed by atoms with van der Waals surface area (Å²) >= 11 is 0. The summed E-state index contributed by atoms with van der Waals surface area (Å²) in [4.78, 5) is 11.5. The molecule has 126 valence electrons. The van der Waals surface area contributed by atoms with Gasteiger partial charge in [0.1, 0.15) is 6.61 Å². The number of esters is 1. The molecule has 0 bridgehead atoms. The van der Waals surface area contributed by atoms with Crippen molar-refractivity contribution in [3.05, 3.63) is 65.7 Å². The predicted octanol–water partition coefficient (Wildman–Crippen LogP) is 4.24. The van der Waals surface area contributed by atoms with E-state index in [-0.39, 0.29) is 12.1 Å². The van der Waals surface area contributed by atoms with E-state index in [1.807, 2.05) is 62.4 Å². The van der Waals surface area contributed by atoms with Gasteiger partial charge in [0, 0.05) is 6.08 Å². The SMILES string of the molecule is COc1cc(C=CC(=O)OC(C)C)ccc1OCc1ccccc1. The van der Waals surface area contributed by atoms with Gasteiger partial charge in [0.15, 0.2) is 11.5 Å². The van der Waals surface area contributed by atoms with Gasteiger partial charge in [0.25, 0.3) is 0 Å². The summed E-state index contributed by atoms with van der Waals surface area (Å²) < 4.78 is 16.2. The maximum atomic E-state index is 11.5. The van der Waals surface area contributed by atoms with Crippen LogP contribution in [0.4, 0.5) is 0 Å². The maximum Gasteiger partial charge on any atom is 0.331 e. The highest BCUT2D eigenvalue weighted by molar-refractivity contribution is 5.87. The Balaban J connectivity index is 2.04. The molecule has 0 saturated heterocycles. The van der Waals surface area contributed by atoms with E-state index in [2.05, 4.69) is 0 Å². The molecule has 0 spiro atoms. The number of ether oxygens (including phenoxy) is 3. The summed E-state index contributed by atoms with van der Waals surface area (Å²) in [6.07, 6.45) is 2.96. The van der Waals surface area contributed by atoms with Gasteiger partial charge in [0.05, 0.1) is 13.2 Å². The van der Waals surface area contributed by atoms with E-state index in [4.69, 9.17) is 14.2 Å². The molecule has 4 heteroatoms. The van der Waals surface area contributed by atoms with Gasteiger partial charge in [-0.1, -0.05) is 36.4 Å². The van der Waals surface area contributed by atoms with Crippen LogP contribution in [0.2, 0.25) is 0 Å². The zero-order valence-electron chi connectivity index (χ0n) is 14.2. The number of methoxy groups -OCH3 is 1. The molecule has 0 radical (unpaired) electrons. The van der Waals surface area contributed by atoms with Crippen molar-refractivity contribution < 1.29 is 19.0 Å². The van der Waals surface area contributed by atoms with Crippen LogP contribution in [0.5, 0.6) is 11.5 Å². The Bertz CT molecular complexity index is 690. The van der Waals surface area contributed by atoms with Gasteiger partial charge in [-0.2, -0.15) is 0 Å². The number of rotatable bonds is 7. The Hall–Kier alpha value is -2.75. The first-order valence-corrected chi connectivity index (χ1v) is 7.82. The van der Waals surface area contributed by atoms with Gasteiger partial charge >= 0.3 is 5.97 Å². The molecular formula is C20H22O4. The lowest BCUT2D eigenvalue weighted by atomic mass is 10.2. The first-order valence-electron chi connectivity index (χ1n) is 7.82. The van der Waals surface area contributed by atoms with Crippen LogP contribution in [0.25, 0.3) is 6.08 Å². The normalized spacial score (nSPS) is 10.8. The van der Waals surface area contributed by atoms with Crippen molar-refractivity contribution in [2.24, 2.45) is 0 Å². The Morgan fingerprint density at radius 3 is 2.50 bits per heavy atom. The molecule has 0 atom stereocenters. The molecule has 0 aliphatic rings. The van der Waals surface area contributed by atoms with Gasteiger partial charge in [-0.05, 0) is 43.2 Å². The van der Waals surface area contributed by atoms with E-state index in [0.29, 0.717) is 18.1 Å². The molecule has 2 rings (SSSR count). The Morgan fingerprint density at radius 1 is 1.08 bits per heavy atom. The number of hydrogen-bond acceptors (Lipinski definition) is 4. The van der Waals surface area contributed by atoms with Crippen LogP contribution in [-0.2, 0) is 16.1 Å². The summed E-state index contributed by atoms with van der Waals surface area (Å²) in [6.45, 7) is 4.09. The number of carbonyl (C=O) groups is 1. The monoisotopic (exact) mass is 326 g/mol. The predicted molar refractivity (Wildman–Crippen MR) is 94.0 cm³/mol. The maximum absolute atomic E-state index is 11.5. The largest absolute Gasteiger partial charge is 0.493 e. The highest BCUT2D eigenvalue weighted by Crippen LogP contribution is 2.29. The molecule has 4 nitrogen and oxygen atoms in total. The second-order valence-electron chi connectivity index (χ2n) is 5.50. The highest BCUT2D eigenvalue weighted by atomic mass is 16.5. The van der Waals surface area contributed by atoms with Crippen molar-refractivity contribution in [3.8, 4) is 11.5 Å². The molecular weight excluding hydrogens is 304 g/mol. The molecule has 0 heterocycles. The van der Waals surface area contributed by atoms with Gasteiger partial charge in [-0.25, -0.2) is 4.79 Å². The van der Waals surface area contributed by atoms with Crippen LogP contribution in [0.3, 0.4) is 0 Å². The Morgan fingerprint density at radius 2 is 1.83 bits per heavy atom. The average molecular weight is 326 g/mol. The lowest BCUT2D eigenvalue weighted by molar-refractivity contribution is -0.141. The number of benzene rings is 2. The number of hydrogen-bond donors (Lipinski definition) is 0. The van der Waals surface area contributed by atoms with E-state index < -0.39 is 0 Å². The van der Waals surface area contributed by atoms with Gasteiger partial charge in [-0.3, -0.25) is 0 Å². The summed E-state index contributed by atoms with van der Waals surface area (Å²) in [5.41, 5.74) is 1.92. The molecule has 2 aromatic rings. The van der Waals surface area contributed by atoms with E-state index in [1.165, 1.54) is 6.08 Å². The molecule has 0 saturated carbocycles. The highest BCUT2D eigenvalue weighted by Gasteiger charge is 2.06. The minimum Gasteiger partial charge on any atom is -0.493 e. The third kappa shape index (κ3) is 5.47. The fourth-order valence-corrected chi connectivity index (χ4v) is 2.08. The van der Waals surface area contributed by atoms with Crippen molar-refractivity contribution in [1.29, 1.82) is 0 Å². The van der Waals surface area contributed by atoms with Gasteiger partial charge in [-0.15, -0.1) is 0 Å². The van der Waals surface area contributed by atoms with Gasteiger partial charge < -0.3 is 14.2 Å². The molecule has 0 unspecified atom stereocenters. The zero-order chi connectivity index (χ0) is 17.4. The minimum atomic E-state index is -0.367. The van der Waals surface area contributed by atoms with Crippen LogP contribution in [0.1, 0.15) is 25.0 Å². The van der Waals surface area contributed by atoms with E-state index in [0.717, 1.165) is 11.1 Å². The molecule has 0 amide bonds. The lowest BCUT2D eigenvalue weighted by Crippen LogP contribution is -2.08. The smallest absolute Gasteiger partial charge is 0.331 e. The first kappa shape index (κ1) is 17.6. The first-order chi connectivity index (χ1) is 11.6. The standard InChI is InChI=1S/C20H22O4/c1-15(2)24-20(21)12-10-16-9-11-18(19(13-16)22-3)23-14-17-7-5-4-6-8-17/h4-13,15H,14H2,1-3H3. The van der Waals surface area contributed by atoms with Crippen molar-refractivity contribution in [2.45, 2.75) is 26.6 Å². The molecule has 0 aliphatic carbocycles. The van der Waals surface area contributed by atoms with Crippen molar-refractivity contribution in [3.63, 3.8) is 0 Å². The lowest BCUT2D eigenvalue weighted by Gasteiger charge is -2.11. The van der Waals surface area contributed by atoms with E-state index in [9.17, 15) is 4.79 Å². The molecule has 0 N–H and O–H groups in total. The van der Waals surface area contributed by atoms with Crippen LogP contribution in [-0.4, -0.2) is 19.2 Å². The minimum absolute atomic E-state index is 0.134. The van der Waals surface area contributed by atoms with Crippen LogP contribution >= 0.6 is 0 Å². The fraction of sp³-hybridized carbons (Fsp3) is 0.250. The fourth-order valence-electron chi connectivity index (χ4n) is 2.08. The summed E-state index contributed by atoms with van der Waals surface area (Å²) in [6, 6.07) is 15.4. The Kier molecular flexibility index (Phi) is 6.43. The molecule has 0 fully saturated rings. The average Bonchev–Trinajstić information content (AvgIpc) is 2.58. The zero-order valence-corrected chi connectivity index (χ0v) is 14.2. The quantitative estimate of drug-likeness (QED) is 0.564. The van der Waals surface area contributed by atoms with Crippen LogP contribution in [0, 0.1) is 0 Å². The van der Waals surface area contributed by atoms with Crippen molar-refractivity contribution in [2.75, 3.05) is 7.11 Å². The third-order valence-electron chi connectivity index (χ3n) is 3.19. The second kappa shape index (κ2) is 8.77. The summed E-state index contributed by atoms with van der Waals surface area (Å²) in [5.74, 6) is 0.905. The third-order valence-corrected chi connectivity index (χ3v) is 3.19. The van der Waals surface area contributed by atoms with Crippen LogP contribution in [0.15, 0.2) is 54.6 Å². The van der Waals surface area contributed by atoms with Crippen molar-refractivity contribution in [1.82, 2.24) is 0 Å². The second-order valence-corrected chi connectivity index (χ2v) is 5.50. The summed E-state index contributed by atoms with van der Waals surface area (Å²) in [7, 11) is 1.59. The van der Waals surface area contributed by atoms with Crippen LogP contribution < -0.4 is 9.47 Å².